The van der Waals surface area contributed by atoms with Gasteiger partial charge in [-0.15, -0.1) is 0 Å². The van der Waals surface area contributed by atoms with Gasteiger partial charge in [-0.1, -0.05) is 32.0 Å². The number of carbonyl (C=O) groups excluding carboxylic acids is 1. The molecule has 7 nitrogen and oxygen atoms in total. The quantitative estimate of drug-likeness (QED) is 0.438. The van der Waals surface area contributed by atoms with E-state index in [-0.39, 0.29) is 11.3 Å². The Morgan fingerprint density at radius 2 is 1.91 bits per heavy atom. The van der Waals surface area contributed by atoms with Gasteiger partial charge in [0.1, 0.15) is 12.1 Å². The maximum atomic E-state index is 12.4. The lowest BCUT2D eigenvalue weighted by Crippen LogP contribution is -2.31. The third kappa shape index (κ3) is 4.53. The van der Waals surface area contributed by atoms with Crippen molar-refractivity contribution in [3.63, 3.8) is 0 Å². The Hall–Kier alpha value is -3.87. The Balaban J connectivity index is 1.64. The van der Waals surface area contributed by atoms with Crippen molar-refractivity contribution >= 4 is 22.6 Å². The summed E-state index contributed by atoms with van der Waals surface area (Å²) in [5, 5.41) is 7.06. The minimum absolute atomic E-state index is 0.116. The van der Waals surface area contributed by atoms with Gasteiger partial charge in [0.25, 0.3) is 5.91 Å². The second-order valence-corrected chi connectivity index (χ2v) is 8.38. The summed E-state index contributed by atoms with van der Waals surface area (Å²) in [7, 11) is 1.64. The van der Waals surface area contributed by atoms with Crippen molar-refractivity contribution in [2.45, 2.75) is 32.6 Å². The zero-order valence-corrected chi connectivity index (χ0v) is 19.4. The molecule has 0 radical (unpaired) electrons. The molecule has 1 aromatic carbocycles. The Bertz CT molecular complexity index is 1290. The number of amides is 1. The van der Waals surface area contributed by atoms with Crippen molar-refractivity contribution in [3.05, 3.63) is 78.0 Å². The fourth-order valence-electron chi connectivity index (χ4n) is 3.92. The van der Waals surface area contributed by atoms with Crippen LogP contribution < -0.4 is 10.6 Å². The van der Waals surface area contributed by atoms with E-state index in [9.17, 15) is 4.79 Å². The van der Waals surface area contributed by atoms with E-state index in [0.717, 1.165) is 45.7 Å². The molecule has 2 N–H and O–H groups in total. The maximum absolute atomic E-state index is 12.4. The first kappa shape index (κ1) is 22.3. The van der Waals surface area contributed by atoms with Crippen LogP contribution in [-0.4, -0.2) is 39.4 Å². The largest absolute Gasteiger partial charge is 0.369 e. The molecule has 1 atom stereocenters. The van der Waals surface area contributed by atoms with E-state index in [1.807, 2.05) is 43.5 Å². The van der Waals surface area contributed by atoms with Crippen LogP contribution in [0.5, 0.6) is 0 Å². The number of nitrogens with one attached hydrogen (secondary N) is 2. The van der Waals surface area contributed by atoms with Gasteiger partial charge in [-0.3, -0.25) is 14.8 Å². The first-order valence-corrected chi connectivity index (χ1v) is 11.0. The van der Waals surface area contributed by atoms with Gasteiger partial charge >= 0.3 is 0 Å². The maximum Gasteiger partial charge on any atom is 0.251 e. The molecule has 33 heavy (non-hydrogen) atoms. The van der Waals surface area contributed by atoms with E-state index in [0.29, 0.717) is 12.1 Å². The van der Waals surface area contributed by atoms with Crippen LogP contribution in [0.15, 0.2) is 61.2 Å². The summed E-state index contributed by atoms with van der Waals surface area (Å²) in [4.78, 5) is 30.2. The number of carbonyl (C=O) groups is 1. The third-order valence-corrected chi connectivity index (χ3v) is 6.21. The molecule has 0 aliphatic heterocycles. The molecule has 0 aliphatic rings. The lowest BCUT2D eigenvalue weighted by Gasteiger charge is -2.30. The highest BCUT2D eigenvalue weighted by atomic mass is 16.1. The van der Waals surface area contributed by atoms with Gasteiger partial charge < -0.3 is 10.6 Å². The van der Waals surface area contributed by atoms with Crippen molar-refractivity contribution in [3.8, 4) is 11.3 Å². The van der Waals surface area contributed by atoms with Crippen LogP contribution in [0.3, 0.4) is 0 Å². The highest BCUT2D eigenvalue weighted by molar-refractivity contribution is 6.06. The summed E-state index contributed by atoms with van der Waals surface area (Å²) in [5.74, 6) is 0.634. The predicted octanol–water partition coefficient (Wildman–Crippen LogP) is 4.53. The van der Waals surface area contributed by atoms with Crippen molar-refractivity contribution in [2.24, 2.45) is 0 Å². The van der Waals surface area contributed by atoms with E-state index in [1.54, 1.807) is 25.6 Å². The number of benzene rings is 1. The standard InChI is InChI=1S/C26H28N6O/c1-5-26(3,21-8-6-7-19-20(25(33)27-4)11-12-28-24(19)21)15-30-23-13-22(31-16-32-23)18-10-9-17(2)29-14-18/h6-14,16H,5,15H2,1-4H3,(H,27,33)(H,30,31,32)/t26-/m1/s1. The number of hydrogen-bond acceptors (Lipinski definition) is 6. The second kappa shape index (κ2) is 9.32. The fourth-order valence-corrected chi connectivity index (χ4v) is 3.92. The van der Waals surface area contributed by atoms with Crippen molar-refractivity contribution < 1.29 is 4.79 Å². The van der Waals surface area contributed by atoms with Gasteiger partial charge in [-0.05, 0) is 37.1 Å². The van der Waals surface area contributed by atoms with E-state index in [2.05, 4.69) is 50.5 Å². The monoisotopic (exact) mass is 440 g/mol. The minimum Gasteiger partial charge on any atom is -0.369 e. The molecule has 168 valence electrons. The van der Waals surface area contributed by atoms with Gasteiger partial charge in [-0.2, -0.15) is 0 Å². The van der Waals surface area contributed by atoms with Crippen molar-refractivity contribution in [1.82, 2.24) is 25.3 Å². The molecule has 4 rings (SSSR count). The number of nitrogens with zero attached hydrogens (tertiary/aromatic N) is 4. The van der Waals surface area contributed by atoms with Gasteiger partial charge in [0, 0.05) is 54.1 Å². The van der Waals surface area contributed by atoms with Crippen molar-refractivity contribution in [2.75, 3.05) is 18.9 Å². The third-order valence-electron chi connectivity index (χ3n) is 6.21. The number of aryl methyl sites for hydroxylation is 1. The van der Waals surface area contributed by atoms with Gasteiger partial charge in [0.15, 0.2) is 0 Å². The molecule has 0 bridgehead atoms. The summed E-state index contributed by atoms with van der Waals surface area (Å²) >= 11 is 0. The molecule has 3 aromatic heterocycles. The van der Waals surface area contributed by atoms with Crippen molar-refractivity contribution in [1.29, 1.82) is 0 Å². The highest BCUT2D eigenvalue weighted by Crippen LogP contribution is 2.34. The molecular weight excluding hydrogens is 412 g/mol. The first-order valence-electron chi connectivity index (χ1n) is 11.0. The molecule has 0 spiro atoms. The Morgan fingerprint density at radius 1 is 1.06 bits per heavy atom. The van der Waals surface area contributed by atoms with Crippen LogP contribution in [0.1, 0.15) is 41.9 Å². The SMILES string of the molecule is CC[C@](C)(CNc1cc(-c2ccc(C)nc2)ncn1)c1cccc2c(C(=O)NC)ccnc12. The molecule has 0 unspecified atom stereocenters. The Kier molecular flexibility index (Phi) is 6.31. The zero-order valence-electron chi connectivity index (χ0n) is 19.4. The van der Waals surface area contributed by atoms with Gasteiger partial charge in [0.05, 0.1) is 16.8 Å². The van der Waals surface area contributed by atoms with Gasteiger partial charge in [-0.25, -0.2) is 9.97 Å². The Labute approximate surface area is 193 Å². The first-order chi connectivity index (χ1) is 15.9. The number of aromatic nitrogens is 4. The summed E-state index contributed by atoms with van der Waals surface area (Å²) < 4.78 is 0. The minimum atomic E-state index is -0.232. The average Bonchev–Trinajstić information content (AvgIpc) is 2.86. The number of rotatable bonds is 7. The molecular formula is C26H28N6O. The van der Waals surface area contributed by atoms with E-state index in [4.69, 9.17) is 0 Å². The summed E-state index contributed by atoms with van der Waals surface area (Å²) in [6.45, 7) is 6.97. The lowest BCUT2D eigenvalue weighted by atomic mass is 9.78. The van der Waals surface area contributed by atoms with Crippen LogP contribution in [0, 0.1) is 6.92 Å². The molecule has 7 heteroatoms. The number of para-hydroxylation sites is 1. The van der Waals surface area contributed by atoms with Crippen LogP contribution in [0.2, 0.25) is 0 Å². The van der Waals surface area contributed by atoms with Crippen LogP contribution in [0.25, 0.3) is 22.2 Å². The van der Waals surface area contributed by atoms with Crippen LogP contribution >= 0.6 is 0 Å². The summed E-state index contributed by atoms with van der Waals surface area (Å²) in [6, 6.07) is 13.7. The van der Waals surface area contributed by atoms with Gasteiger partial charge in [0.2, 0.25) is 0 Å². The molecule has 3 heterocycles. The second-order valence-electron chi connectivity index (χ2n) is 8.38. The molecule has 0 saturated carbocycles. The predicted molar refractivity (Wildman–Crippen MR) is 131 cm³/mol. The molecule has 1 amide bonds. The van der Waals surface area contributed by atoms with E-state index < -0.39 is 0 Å². The van der Waals surface area contributed by atoms with Crippen LogP contribution in [-0.2, 0) is 5.41 Å². The normalized spacial score (nSPS) is 12.8. The number of fused-ring (bicyclic) bond motifs is 1. The van der Waals surface area contributed by atoms with E-state index in [1.165, 1.54) is 0 Å². The average molecular weight is 441 g/mol. The Morgan fingerprint density at radius 3 is 2.64 bits per heavy atom. The number of hydrogen-bond donors (Lipinski definition) is 2. The number of anilines is 1. The smallest absolute Gasteiger partial charge is 0.251 e. The molecule has 4 aromatic rings. The molecule has 0 saturated heterocycles. The zero-order chi connectivity index (χ0) is 23.4. The highest BCUT2D eigenvalue weighted by Gasteiger charge is 2.28. The topological polar surface area (TPSA) is 92.7 Å². The molecule has 0 fully saturated rings. The molecule has 0 aliphatic carbocycles. The van der Waals surface area contributed by atoms with E-state index >= 15 is 0 Å². The summed E-state index contributed by atoms with van der Waals surface area (Å²) in [5.41, 5.74) is 5.07. The van der Waals surface area contributed by atoms with Crippen LogP contribution in [0.4, 0.5) is 5.82 Å². The number of pyridine rings is 2. The fraction of sp³-hybridized carbons (Fsp3) is 0.269. The summed E-state index contributed by atoms with van der Waals surface area (Å²) in [6.07, 6.45) is 5.97. The lowest BCUT2D eigenvalue weighted by molar-refractivity contribution is 0.0964.